The number of nitrogens with one attached hydrogen (secondary N) is 2. The summed E-state index contributed by atoms with van der Waals surface area (Å²) in [5.74, 6) is 0.823. The van der Waals surface area contributed by atoms with Crippen LogP contribution in [0.2, 0.25) is 0 Å². The molecule has 2 heterocycles. The maximum Gasteiger partial charge on any atom is 0.225 e. The Morgan fingerprint density at radius 2 is 1.86 bits per heavy atom. The number of hydrogen-bond acceptors (Lipinski definition) is 6. The molecular formula is C21H24FN5O. The first kappa shape index (κ1) is 19.7. The van der Waals surface area contributed by atoms with Crippen LogP contribution in [-0.4, -0.2) is 32.7 Å². The van der Waals surface area contributed by atoms with Gasteiger partial charge >= 0.3 is 0 Å². The van der Waals surface area contributed by atoms with Gasteiger partial charge in [-0.2, -0.15) is 4.98 Å². The van der Waals surface area contributed by atoms with Gasteiger partial charge in [-0.15, -0.1) is 0 Å². The van der Waals surface area contributed by atoms with E-state index in [-0.39, 0.29) is 24.4 Å². The van der Waals surface area contributed by atoms with Crippen LogP contribution in [0.5, 0.6) is 0 Å². The number of benzene rings is 1. The van der Waals surface area contributed by atoms with Gasteiger partial charge in [0, 0.05) is 35.3 Å². The minimum absolute atomic E-state index is 0.0354. The number of anilines is 3. The number of hydrogen-bond donors (Lipinski definition) is 3. The first-order valence-corrected chi connectivity index (χ1v) is 9.17. The van der Waals surface area contributed by atoms with Crippen molar-refractivity contribution in [2.24, 2.45) is 5.92 Å². The highest BCUT2D eigenvalue weighted by molar-refractivity contribution is 5.68. The molecule has 0 saturated heterocycles. The molecule has 0 bridgehead atoms. The van der Waals surface area contributed by atoms with Crippen molar-refractivity contribution >= 4 is 17.5 Å². The SMILES string of the molecule is Cc1c(F)cccc1Nc1cc(-c2ccncc2)nc(N[C@H](CO)C(C)C)n1. The van der Waals surface area contributed by atoms with Gasteiger partial charge in [0.25, 0.3) is 0 Å². The summed E-state index contributed by atoms with van der Waals surface area (Å²) in [4.78, 5) is 13.1. The molecule has 0 radical (unpaired) electrons. The van der Waals surface area contributed by atoms with Crippen molar-refractivity contribution in [1.82, 2.24) is 15.0 Å². The summed E-state index contributed by atoms with van der Waals surface area (Å²) < 4.78 is 13.9. The lowest BCUT2D eigenvalue weighted by Gasteiger charge is -2.21. The van der Waals surface area contributed by atoms with E-state index in [4.69, 9.17) is 0 Å². The van der Waals surface area contributed by atoms with E-state index < -0.39 is 0 Å². The average molecular weight is 381 g/mol. The summed E-state index contributed by atoms with van der Waals surface area (Å²) in [5.41, 5.74) is 2.71. The number of aliphatic hydroxyl groups is 1. The summed E-state index contributed by atoms with van der Waals surface area (Å²) >= 11 is 0. The lowest BCUT2D eigenvalue weighted by atomic mass is 10.1. The fraction of sp³-hybridized carbons (Fsp3) is 0.286. The Morgan fingerprint density at radius 1 is 1.11 bits per heavy atom. The van der Waals surface area contributed by atoms with E-state index in [1.165, 1.54) is 6.07 Å². The zero-order chi connectivity index (χ0) is 20.1. The molecule has 2 aromatic heterocycles. The summed E-state index contributed by atoms with van der Waals surface area (Å²) in [6.45, 7) is 5.69. The maximum atomic E-state index is 13.9. The molecule has 28 heavy (non-hydrogen) atoms. The van der Waals surface area contributed by atoms with E-state index in [0.29, 0.717) is 28.7 Å². The van der Waals surface area contributed by atoms with Gasteiger partial charge in [-0.05, 0) is 37.1 Å². The molecule has 1 atom stereocenters. The number of halogens is 1. The van der Waals surface area contributed by atoms with Crippen LogP contribution in [-0.2, 0) is 0 Å². The summed E-state index contributed by atoms with van der Waals surface area (Å²) in [6, 6.07) is 10.2. The fourth-order valence-electron chi connectivity index (χ4n) is 2.72. The van der Waals surface area contributed by atoms with Crippen molar-refractivity contribution in [3.05, 3.63) is 60.2 Å². The van der Waals surface area contributed by atoms with E-state index >= 15 is 0 Å². The molecule has 1 aromatic carbocycles. The second-order valence-electron chi connectivity index (χ2n) is 6.91. The molecule has 146 valence electrons. The van der Waals surface area contributed by atoms with Gasteiger partial charge in [-0.1, -0.05) is 19.9 Å². The third kappa shape index (κ3) is 4.61. The highest BCUT2D eigenvalue weighted by Crippen LogP contribution is 2.26. The molecule has 0 unspecified atom stereocenters. The van der Waals surface area contributed by atoms with E-state index in [2.05, 4.69) is 25.6 Å². The number of aromatic nitrogens is 3. The molecule has 0 fully saturated rings. The second-order valence-corrected chi connectivity index (χ2v) is 6.91. The van der Waals surface area contributed by atoms with E-state index in [1.807, 2.05) is 26.0 Å². The molecule has 6 nitrogen and oxygen atoms in total. The molecule has 3 N–H and O–H groups in total. The topological polar surface area (TPSA) is 83.0 Å². The molecule has 0 amide bonds. The third-order valence-electron chi connectivity index (χ3n) is 4.55. The van der Waals surface area contributed by atoms with E-state index in [1.54, 1.807) is 37.5 Å². The fourth-order valence-corrected chi connectivity index (χ4v) is 2.72. The maximum absolute atomic E-state index is 13.9. The van der Waals surface area contributed by atoms with Gasteiger partial charge in [0.1, 0.15) is 11.6 Å². The van der Waals surface area contributed by atoms with Gasteiger partial charge in [0.2, 0.25) is 5.95 Å². The molecule has 3 rings (SSSR count). The molecule has 0 saturated carbocycles. The summed E-state index contributed by atoms with van der Waals surface area (Å²) in [5, 5.41) is 16.0. The predicted octanol–water partition coefficient (Wildman–Crippen LogP) is 4.16. The molecular weight excluding hydrogens is 357 g/mol. The smallest absolute Gasteiger partial charge is 0.225 e. The number of nitrogens with zero attached hydrogens (tertiary/aromatic N) is 3. The van der Waals surface area contributed by atoms with Crippen molar-refractivity contribution in [2.75, 3.05) is 17.2 Å². The Balaban J connectivity index is 2.00. The number of aliphatic hydroxyl groups excluding tert-OH is 1. The normalized spacial score (nSPS) is 12.1. The van der Waals surface area contributed by atoms with Crippen LogP contribution in [0.15, 0.2) is 48.8 Å². The van der Waals surface area contributed by atoms with Gasteiger partial charge in [0.05, 0.1) is 18.3 Å². The van der Waals surface area contributed by atoms with Crippen LogP contribution in [0, 0.1) is 18.7 Å². The zero-order valence-corrected chi connectivity index (χ0v) is 16.1. The summed E-state index contributed by atoms with van der Waals surface area (Å²) in [7, 11) is 0. The van der Waals surface area contributed by atoms with Crippen LogP contribution < -0.4 is 10.6 Å². The first-order valence-electron chi connectivity index (χ1n) is 9.17. The van der Waals surface area contributed by atoms with Gasteiger partial charge in [-0.3, -0.25) is 4.98 Å². The van der Waals surface area contributed by atoms with Crippen molar-refractivity contribution in [1.29, 1.82) is 0 Å². The molecule has 7 heteroatoms. The monoisotopic (exact) mass is 381 g/mol. The van der Waals surface area contributed by atoms with Crippen LogP contribution in [0.4, 0.5) is 21.8 Å². The highest BCUT2D eigenvalue weighted by Gasteiger charge is 2.15. The summed E-state index contributed by atoms with van der Waals surface area (Å²) in [6.07, 6.45) is 3.39. The van der Waals surface area contributed by atoms with Crippen LogP contribution >= 0.6 is 0 Å². The minimum Gasteiger partial charge on any atom is -0.394 e. The largest absolute Gasteiger partial charge is 0.394 e. The predicted molar refractivity (Wildman–Crippen MR) is 109 cm³/mol. The number of rotatable bonds is 7. The van der Waals surface area contributed by atoms with Gasteiger partial charge in [-0.25, -0.2) is 9.37 Å². The van der Waals surface area contributed by atoms with Crippen LogP contribution in [0.25, 0.3) is 11.3 Å². The average Bonchev–Trinajstić information content (AvgIpc) is 2.70. The highest BCUT2D eigenvalue weighted by atomic mass is 19.1. The minimum atomic E-state index is -0.285. The van der Waals surface area contributed by atoms with Crippen LogP contribution in [0.3, 0.4) is 0 Å². The molecule has 0 aliphatic carbocycles. The van der Waals surface area contributed by atoms with Crippen molar-refractivity contribution < 1.29 is 9.50 Å². The second kappa shape index (κ2) is 8.75. The van der Waals surface area contributed by atoms with Crippen molar-refractivity contribution in [2.45, 2.75) is 26.8 Å². The number of pyridine rings is 1. The quantitative estimate of drug-likeness (QED) is 0.570. The lowest BCUT2D eigenvalue weighted by Crippen LogP contribution is -2.30. The van der Waals surface area contributed by atoms with Crippen molar-refractivity contribution in [3.8, 4) is 11.3 Å². The first-order chi connectivity index (χ1) is 13.5. The zero-order valence-electron chi connectivity index (χ0n) is 16.1. The van der Waals surface area contributed by atoms with Gasteiger partial charge < -0.3 is 15.7 Å². The molecule has 3 aromatic rings. The molecule has 0 aliphatic heterocycles. The third-order valence-corrected chi connectivity index (χ3v) is 4.55. The Bertz CT molecular complexity index is 933. The van der Waals surface area contributed by atoms with Gasteiger partial charge in [0.15, 0.2) is 0 Å². The Kier molecular flexibility index (Phi) is 6.16. The van der Waals surface area contributed by atoms with E-state index in [0.717, 1.165) is 5.56 Å². The molecule has 0 aliphatic rings. The Morgan fingerprint density at radius 3 is 2.54 bits per heavy atom. The van der Waals surface area contributed by atoms with E-state index in [9.17, 15) is 9.50 Å². The van der Waals surface area contributed by atoms with Crippen LogP contribution in [0.1, 0.15) is 19.4 Å². The Labute approximate surface area is 163 Å². The Hall–Kier alpha value is -3.06. The standard InChI is InChI=1S/C21H24FN5O/c1-13(2)19(12-28)26-21-25-18(15-7-9-23-10-8-15)11-20(27-21)24-17-6-4-5-16(22)14(17)3/h4-11,13,19,28H,12H2,1-3H3,(H2,24,25,26,27)/t19-/m1/s1. The lowest BCUT2D eigenvalue weighted by molar-refractivity contribution is 0.248. The van der Waals surface area contributed by atoms with Crippen molar-refractivity contribution in [3.63, 3.8) is 0 Å². The molecule has 0 spiro atoms.